The summed E-state index contributed by atoms with van der Waals surface area (Å²) in [5.74, 6) is 1.64. The predicted molar refractivity (Wildman–Crippen MR) is 82.6 cm³/mol. The van der Waals surface area contributed by atoms with Gasteiger partial charge in [-0.25, -0.2) is 4.98 Å². The fourth-order valence-electron chi connectivity index (χ4n) is 2.72. The first-order valence-corrected chi connectivity index (χ1v) is 8.04. The van der Waals surface area contributed by atoms with Crippen molar-refractivity contribution in [1.82, 2.24) is 10.3 Å². The first kappa shape index (κ1) is 13.6. The summed E-state index contributed by atoms with van der Waals surface area (Å²) < 4.78 is 5.29. The van der Waals surface area contributed by atoms with Gasteiger partial charge in [0.1, 0.15) is 5.75 Å². The molecule has 3 rings (SSSR count). The summed E-state index contributed by atoms with van der Waals surface area (Å²) in [5, 5.41) is 5.75. The maximum atomic E-state index is 5.29. The number of nitrogens with zero attached hydrogens (tertiary/aromatic N) is 1. The van der Waals surface area contributed by atoms with Gasteiger partial charge < -0.3 is 10.1 Å². The van der Waals surface area contributed by atoms with Crippen LogP contribution in [0.25, 0.3) is 0 Å². The third kappa shape index (κ3) is 3.19. The Morgan fingerprint density at radius 3 is 3.05 bits per heavy atom. The summed E-state index contributed by atoms with van der Waals surface area (Å²) in [4.78, 5) is 4.30. The van der Waals surface area contributed by atoms with E-state index in [4.69, 9.17) is 4.74 Å². The van der Waals surface area contributed by atoms with Crippen molar-refractivity contribution in [3.8, 4) is 5.75 Å². The molecule has 2 aromatic rings. The first-order valence-electron chi connectivity index (χ1n) is 7.09. The van der Waals surface area contributed by atoms with E-state index < -0.39 is 0 Å². The lowest BCUT2D eigenvalue weighted by Crippen LogP contribution is -2.40. The number of nitrogens with one attached hydrogen (secondary N) is 1. The van der Waals surface area contributed by atoms with Gasteiger partial charge in [-0.2, -0.15) is 0 Å². The summed E-state index contributed by atoms with van der Waals surface area (Å²) in [6, 6.07) is 9.11. The topological polar surface area (TPSA) is 34.1 Å². The summed E-state index contributed by atoms with van der Waals surface area (Å²) >= 11 is 1.67. The lowest BCUT2D eigenvalue weighted by atomic mass is 9.76. The molecule has 0 aliphatic heterocycles. The minimum atomic E-state index is 0.657. The Bertz CT molecular complexity index is 535. The molecule has 1 saturated carbocycles. The number of hydrogen-bond donors (Lipinski definition) is 1. The Morgan fingerprint density at radius 1 is 1.40 bits per heavy atom. The summed E-state index contributed by atoms with van der Waals surface area (Å²) in [5.41, 5.74) is 4.50. The lowest BCUT2D eigenvalue weighted by Gasteiger charge is -2.36. The molecule has 1 aromatic carbocycles. The first-order chi connectivity index (χ1) is 9.85. The van der Waals surface area contributed by atoms with E-state index in [-0.39, 0.29) is 0 Å². The number of benzene rings is 1. The number of aromatic nitrogens is 1. The quantitative estimate of drug-likeness (QED) is 0.886. The molecule has 106 valence electrons. The van der Waals surface area contributed by atoms with Gasteiger partial charge >= 0.3 is 0 Å². The van der Waals surface area contributed by atoms with Gasteiger partial charge in [-0.15, -0.1) is 11.3 Å². The molecular formula is C16H20N2OS. The summed E-state index contributed by atoms with van der Waals surface area (Å²) in [6.07, 6.45) is 3.48. The smallest absolute Gasteiger partial charge is 0.119 e. The van der Waals surface area contributed by atoms with Crippen LogP contribution in [0.5, 0.6) is 5.75 Å². The molecule has 1 fully saturated rings. The Hall–Kier alpha value is -1.39. The van der Waals surface area contributed by atoms with E-state index in [1.807, 2.05) is 11.6 Å². The molecule has 0 spiro atoms. The highest BCUT2D eigenvalue weighted by Crippen LogP contribution is 2.37. The van der Waals surface area contributed by atoms with Gasteiger partial charge in [0.05, 0.1) is 18.3 Å². The Morgan fingerprint density at radius 2 is 2.30 bits per heavy atom. The number of thiazole rings is 1. The van der Waals surface area contributed by atoms with Crippen molar-refractivity contribution in [3.05, 3.63) is 46.4 Å². The van der Waals surface area contributed by atoms with E-state index in [0.717, 1.165) is 18.7 Å². The molecule has 0 bridgehead atoms. The minimum Gasteiger partial charge on any atom is -0.497 e. The van der Waals surface area contributed by atoms with Gasteiger partial charge in [0.15, 0.2) is 0 Å². The summed E-state index contributed by atoms with van der Waals surface area (Å²) in [7, 11) is 1.72. The molecule has 20 heavy (non-hydrogen) atoms. The maximum absolute atomic E-state index is 5.29. The lowest BCUT2D eigenvalue weighted by molar-refractivity contribution is 0.292. The van der Waals surface area contributed by atoms with Crippen molar-refractivity contribution in [3.63, 3.8) is 0 Å². The average molecular weight is 288 g/mol. The summed E-state index contributed by atoms with van der Waals surface area (Å²) in [6.45, 7) is 1.03. The van der Waals surface area contributed by atoms with Crippen LogP contribution in [0.1, 0.15) is 30.0 Å². The molecule has 1 aliphatic rings. The zero-order chi connectivity index (χ0) is 13.8. The van der Waals surface area contributed by atoms with Crippen molar-refractivity contribution in [2.75, 3.05) is 13.7 Å². The largest absolute Gasteiger partial charge is 0.497 e. The predicted octanol–water partition coefficient (Wildman–Crippen LogP) is 3.23. The second-order valence-corrected chi connectivity index (χ2v) is 6.04. The van der Waals surface area contributed by atoms with Crippen LogP contribution in [0.15, 0.2) is 35.2 Å². The average Bonchev–Trinajstić information content (AvgIpc) is 2.94. The van der Waals surface area contributed by atoms with Gasteiger partial charge in [0.2, 0.25) is 0 Å². The van der Waals surface area contributed by atoms with E-state index in [2.05, 4.69) is 33.9 Å². The molecular weight excluding hydrogens is 268 g/mol. The third-order valence-corrected chi connectivity index (χ3v) is 4.64. The molecule has 3 nitrogen and oxygen atoms in total. The number of hydrogen-bond acceptors (Lipinski definition) is 4. The highest BCUT2D eigenvalue weighted by atomic mass is 32.1. The van der Waals surface area contributed by atoms with Crippen molar-refractivity contribution < 1.29 is 4.74 Å². The number of ether oxygens (including phenoxy) is 1. The second-order valence-electron chi connectivity index (χ2n) is 5.33. The van der Waals surface area contributed by atoms with E-state index >= 15 is 0 Å². The van der Waals surface area contributed by atoms with E-state index in [0.29, 0.717) is 12.0 Å². The van der Waals surface area contributed by atoms with Gasteiger partial charge in [-0.05, 0) is 36.5 Å². The van der Waals surface area contributed by atoms with Crippen LogP contribution >= 0.6 is 11.3 Å². The van der Waals surface area contributed by atoms with Crippen LogP contribution in [0.3, 0.4) is 0 Å². The highest BCUT2D eigenvalue weighted by Gasteiger charge is 2.29. The zero-order valence-corrected chi connectivity index (χ0v) is 12.5. The molecule has 1 N–H and O–H groups in total. The van der Waals surface area contributed by atoms with Crippen LogP contribution in [-0.2, 0) is 6.42 Å². The molecule has 1 heterocycles. The Balaban J connectivity index is 1.42. The highest BCUT2D eigenvalue weighted by molar-refractivity contribution is 7.07. The van der Waals surface area contributed by atoms with E-state index in [1.165, 1.54) is 24.1 Å². The van der Waals surface area contributed by atoms with Gasteiger partial charge in [-0.1, -0.05) is 12.1 Å². The molecule has 0 atom stereocenters. The van der Waals surface area contributed by atoms with Crippen LogP contribution in [-0.4, -0.2) is 24.7 Å². The second kappa shape index (κ2) is 6.37. The van der Waals surface area contributed by atoms with Crippen LogP contribution < -0.4 is 10.1 Å². The normalized spacial score (nSPS) is 21.4. The van der Waals surface area contributed by atoms with E-state index in [9.17, 15) is 0 Å². The maximum Gasteiger partial charge on any atom is 0.119 e. The SMILES string of the molecule is COc1cccc(C2CC(NCCc3cscn3)C2)c1. The molecule has 4 heteroatoms. The molecule has 0 amide bonds. The van der Waals surface area contributed by atoms with Crippen LogP contribution in [0.4, 0.5) is 0 Å². The van der Waals surface area contributed by atoms with Crippen molar-refractivity contribution in [2.24, 2.45) is 0 Å². The Labute approximate surface area is 124 Å². The van der Waals surface area contributed by atoms with Gasteiger partial charge in [-0.3, -0.25) is 0 Å². The van der Waals surface area contributed by atoms with Crippen molar-refractivity contribution >= 4 is 11.3 Å². The van der Waals surface area contributed by atoms with E-state index in [1.54, 1.807) is 18.4 Å². The fourth-order valence-corrected chi connectivity index (χ4v) is 3.31. The van der Waals surface area contributed by atoms with Crippen molar-refractivity contribution in [1.29, 1.82) is 0 Å². The Kier molecular flexibility index (Phi) is 4.33. The number of rotatable bonds is 6. The molecule has 0 unspecified atom stereocenters. The van der Waals surface area contributed by atoms with Crippen molar-refractivity contribution in [2.45, 2.75) is 31.2 Å². The minimum absolute atomic E-state index is 0.657. The molecule has 0 radical (unpaired) electrons. The standard InChI is InChI=1S/C16H20N2OS/c1-19-16-4-2-3-12(9-16)13-7-15(8-13)17-6-5-14-10-20-11-18-14/h2-4,9-11,13,15,17H,5-8H2,1H3. The fraction of sp³-hybridized carbons (Fsp3) is 0.438. The zero-order valence-electron chi connectivity index (χ0n) is 11.7. The van der Waals surface area contributed by atoms with Crippen LogP contribution in [0, 0.1) is 0 Å². The van der Waals surface area contributed by atoms with Gasteiger partial charge in [0, 0.05) is 24.4 Å². The molecule has 0 saturated heterocycles. The molecule has 1 aliphatic carbocycles. The van der Waals surface area contributed by atoms with Crippen LogP contribution in [0.2, 0.25) is 0 Å². The number of methoxy groups -OCH3 is 1. The monoisotopic (exact) mass is 288 g/mol. The van der Waals surface area contributed by atoms with Gasteiger partial charge in [0.25, 0.3) is 0 Å². The third-order valence-electron chi connectivity index (χ3n) is 4.00. The molecule has 1 aromatic heterocycles.